The van der Waals surface area contributed by atoms with Gasteiger partial charge in [-0.3, -0.25) is 4.79 Å². The monoisotopic (exact) mass is 222 g/mol. The van der Waals surface area contributed by atoms with Crippen molar-refractivity contribution in [3.8, 4) is 0 Å². The van der Waals surface area contributed by atoms with Crippen LogP contribution >= 0.6 is 0 Å². The van der Waals surface area contributed by atoms with Crippen molar-refractivity contribution in [3.63, 3.8) is 0 Å². The lowest BCUT2D eigenvalue weighted by Gasteiger charge is -2.00. The van der Waals surface area contributed by atoms with Gasteiger partial charge in [0.1, 0.15) is 5.78 Å². The zero-order valence-electron chi connectivity index (χ0n) is 10.1. The van der Waals surface area contributed by atoms with E-state index in [0.717, 1.165) is 18.7 Å². The molecular formula is C12H18N2O2. The Balaban J connectivity index is 1.95. The van der Waals surface area contributed by atoms with Crippen molar-refractivity contribution in [2.45, 2.75) is 51.9 Å². The number of ketones is 1. The molecule has 1 heterocycles. The number of carbonyl (C=O) groups is 1. The fraction of sp³-hybridized carbons (Fsp3) is 0.750. The highest BCUT2D eigenvalue weighted by Gasteiger charge is 2.43. The summed E-state index contributed by atoms with van der Waals surface area (Å²) in [5.74, 6) is 1.79. The van der Waals surface area contributed by atoms with Gasteiger partial charge in [-0.15, -0.1) is 0 Å². The van der Waals surface area contributed by atoms with Gasteiger partial charge in [-0.1, -0.05) is 25.9 Å². The van der Waals surface area contributed by atoms with Crippen LogP contribution in [0.1, 0.15) is 51.7 Å². The molecule has 4 heteroatoms. The van der Waals surface area contributed by atoms with Crippen LogP contribution in [0.2, 0.25) is 0 Å². The number of hydrogen-bond acceptors (Lipinski definition) is 4. The predicted molar refractivity (Wildman–Crippen MR) is 59.1 cm³/mol. The molecule has 0 aromatic carbocycles. The first-order chi connectivity index (χ1) is 7.49. The van der Waals surface area contributed by atoms with Gasteiger partial charge >= 0.3 is 0 Å². The molecule has 0 saturated heterocycles. The first-order valence-corrected chi connectivity index (χ1v) is 5.84. The second-order valence-electron chi connectivity index (χ2n) is 5.39. The molecule has 0 bridgehead atoms. The van der Waals surface area contributed by atoms with E-state index in [9.17, 15) is 4.79 Å². The Bertz CT molecular complexity index is 391. The number of carbonyl (C=O) groups excluding carboxylic acids is 1. The van der Waals surface area contributed by atoms with E-state index < -0.39 is 0 Å². The third-order valence-corrected chi connectivity index (χ3v) is 2.99. The summed E-state index contributed by atoms with van der Waals surface area (Å²) in [5.41, 5.74) is 0.114. The van der Waals surface area contributed by atoms with Crippen molar-refractivity contribution in [1.29, 1.82) is 0 Å². The zero-order chi connectivity index (χ0) is 11.8. The van der Waals surface area contributed by atoms with Crippen LogP contribution in [0.25, 0.3) is 0 Å². The summed E-state index contributed by atoms with van der Waals surface area (Å²) in [6, 6.07) is 0. The molecule has 2 rings (SSSR count). The molecule has 0 aliphatic heterocycles. The largest absolute Gasteiger partial charge is 0.339 e. The van der Waals surface area contributed by atoms with Crippen molar-refractivity contribution in [1.82, 2.24) is 10.1 Å². The van der Waals surface area contributed by atoms with Gasteiger partial charge in [-0.05, 0) is 18.8 Å². The molecule has 0 amide bonds. The molecule has 0 unspecified atom stereocenters. The number of rotatable bonds is 5. The standard InChI is InChI=1S/C12H18N2O2/c1-8(2)6-9(15)7-10-13-11(14-16-10)12(3)4-5-12/h8H,4-7H2,1-3H3. The highest BCUT2D eigenvalue weighted by atomic mass is 16.5. The summed E-state index contributed by atoms with van der Waals surface area (Å²) in [4.78, 5) is 15.9. The second kappa shape index (κ2) is 4.00. The minimum atomic E-state index is 0.114. The second-order valence-corrected chi connectivity index (χ2v) is 5.39. The van der Waals surface area contributed by atoms with E-state index in [1.807, 2.05) is 13.8 Å². The van der Waals surface area contributed by atoms with E-state index in [1.54, 1.807) is 0 Å². The maximum Gasteiger partial charge on any atom is 0.234 e. The highest BCUT2D eigenvalue weighted by molar-refractivity contribution is 5.80. The van der Waals surface area contributed by atoms with Crippen LogP contribution in [0.15, 0.2) is 4.52 Å². The zero-order valence-corrected chi connectivity index (χ0v) is 10.1. The SMILES string of the molecule is CC(C)CC(=O)Cc1nc(C2(C)CC2)no1. The molecule has 1 aliphatic rings. The fourth-order valence-corrected chi connectivity index (χ4v) is 1.68. The van der Waals surface area contributed by atoms with E-state index in [1.165, 1.54) is 0 Å². The number of hydrogen-bond donors (Lipinski definition) is 0. The third kappa shape index (κ3) is 2.49. The van der Waals surface area contributed by atoms with Gasteiger partial charge in [-0.2, -0.15) is 4.98 Å². The number of nitrogens with zero attached hydrogens (tertiary/aromatic N) is 2. The molecule has 0 radical (unpaired) electrons. The Morgan fingerprint density at radius 3 is 2.75 bits per heavy atom. The average Bonchev–Trinajstić information content (AvgIpc) is 2.75. The quantitative estimate of drug-likeness (QED) is 0.767. The van der Waals surface area contributed by atoms with Crippen LogP contribution in [-0.4, -0.2) is 15.9 Å². The van der Waals surface area contributed by atoms with Crippen LogP contribution in [0.3, 0.4) is 0 Å². The summed E-state index contributed by atoms with van der Waals surface area (Å²) in [7, 11) is 0. The third-order valence-electron chi connectivity index (χ3n) is 2.99. The van der Waals surface area contributed by atoms with Crippen molar-refractivity contribution in [2.75, 3.05) is 0 Å². The lowest BCUT2D eigenvalue weighted by Crippen LogP contribution is -2.07. The van der Waals surface area contributed by atoms with Crippen LogP contribution in [0.4, 0.5) is 0 Å². The van der Waals surface area contributed by atoms with Crippen LogP contribution in [0, 0.1) is 5.92 Å². The van der Waals surface area contributed by atoms with E-state index >= 15 is 0 Å². The van der Waals surface area contributed by atoms with Crippen LogP contribution in [-0.2, 0) is 16.6 Å². The molecular weight excluding hydrogens is 204 g/mol. The summed E-state index contributed by atoms with van der Waals surface area (Å²) < 4.78 is 5.10. The average molecular weight is 222 g/mol. The Kier molecular flexibility index (Phi) is 2.82. The van der Waals surface area contributed by atoms with Crippen LogP contribution in [0.5, 0.6) is 0 Å². The molecule has 0 atom stereocenters. The molecule has 4 nitrogen and oxygen atoms in total. The van der Waals surface area contributed by atoms with E-state index in [4.69, 9.17) is 4.52 Å². The highest BCUT2D eigenvalue weighted by Crippen LogP contribution is 2.45. The fourth-order valence-electron chi connectivity index (χ4n) is 1.68. The maximum absolute atomic E-state index is 11.6. The first-order valence-electron chi connectivity index (χ1n) is 5.84. The molecule has 88 valence electrons. The van der Waals surface area contributed by atoms with E-state index in [-0.39, 0.29) is 17.6 Å². The Morgan fingerprint density at radius 1 is 1.50 bits per heavy atom. The normalized spacial score (nSPS) is 17.8. The minimum absolute atomic E-state index is 0.114. The molecule has 1 saturated carbocycles. The van der Waals surface area contributed by atoms with Crippen molar-refractivity contribution >= 4 is 5.78 Å². The lowest BCUT2D eigenvalue weighted by molar-refractivity contribution is -0.119. The summed E-state index contributed by atoms with van der Waals surface area (Å²) in [5, 5.41) is 3.94. The first kappa shape index (κ1) is 11.3. The molecule has 1 aromatic heterocycles. The Morgan fingerprint density at radius 2 is 2.19 bits per heavy atom. The Hall–Kier alpha value is -1.19. The van der Waals surface area contributed by atoms with Gasteiger partial charge in [0, 0.05) is 11.8 Å². The van der Waals surface area contributed by atoms with Gasteiger partial charge < -0.3 is 4.52 Å². The molecule has 16 heavy (non-hydrogen) atoms. The van der Waals surface area contributed by atoms with Gasteiger partial charge in [0.2, 0.25) is 5.89 Å². The van der Waals surface area contributed by atoms with Gasteiger partial charge in [0.05, 0.1) is 6.42 Å². The predicted octanol–water partition coefficient (Wildman–Crippen LogP) is 2.28. The van der Waals surface area contributed by atoms with Crippen molar-refractivity contribution in [3.05, 3.63) is 11.7 Å². The molecule has 1 fully saturated rings. The number of aromatic nitrogens is 2. The summed E-state index contributed by atoms with van der Waals surface area (Å²) in [6.07, 6.45) is 3.09. The number of Topliss-reactive ketones (excluding diaryl/α,β-unsaturated/α-hetero) is 1. The lowest BCUT2D eigenvalue weighted by atomic mass is 10.1. The minimum Gasteiger partial charge on any atom is -0.339 e. The summed E-state index contributed by atoms with van der Waals surface area (Å²) in [6.45, 7) is 6.18. The van der Waals surface area contributed by atoms with Gasteiger partial charge in [-0.25, -0.2) is 0 Å². The molecule has 1 aliphatic carbocycles. The van der Waals surface area contributed by atoms with Crippen molar-refractivity contribution in [2.24, 2.45) is 5.92 Å². The van der Waals surface area contributed by atoms with Gasteiger partial charge in [0.15, 0.2) is 5.82 Å². The topological polar surface area (TPSA) is 56.0 Å². The molecule has 1 aromatic rings. The van der Waals surface area contributed by atoms with Crippen LogP contribution < -0.4 is 0 Å². The van der Waals surface area contributed by atoms with E-state index in [2.05, 4.69) is 17.1 Å². The van der Waals surface area contributed by atoms with Gasteiger partial charge in [0.25, 0.3) is 0 Å². The molecule has 0 spiro atoms. The van der Waals surface area contributed by atoms with Crippen molar-refractivity contribution < 1.29 is 9.32 Å². The van der Waals surface area contributed by atoms with E-state index in [0.29, 0.717) is 18.2 Å². The summed E-state index contributed by atoms with van der Waals surface area (Å²) >= 11 is 0. The maximum atomic E-state index is 11.6. The smallest absolute Gasteiger partial charge is 0.234 e. The Labute approximate surface area is 95.4 Å². The molecule has 0 N–H and O–H groups in total.